The molecule has 0 bridgehead atoms. The van der Waals surface area contributed by atoms with E-state index in [1.807, 2.05) is 6.92 Å². The summed E-state index contributed by atoms with van der Waals surface area (Å²) in [5.41, 5.74) is 6.55. The van der Waals surface area contributed by atoms with E-state index in [2.05, 4.69) is 4.90 Å². The Kier molecular flexibility index (Phi) is 4.83. The molecule has 0 saturated heterocycles. The van der Waals surface area contributed by atoms with Crippen molar-refractivity contribution in [1.82, 2.24) is 0 Å². The van der Waals surface area contributed by atoms with E-state index in [0.29, 0.717) is 23.2 Å². The number of nitro benzene ring substituents is 1. The Morgan fingerprint density at radius 2 is 2.25 bits per heavy atom. The first-order valence-electron chi connectivity index (χ1n) is 6.99. The molecular weight excluding hydrogens is 278 g/mol. The van der Waals surface area contributed by atoms with Gasteiger partial charge in [0.25, 0.3) is 5.69 Å². The predicted molar refractivity (Wildman–Crippen MR) is 81.3 cm³/mol. The maximum Gasteiger partial charge on any atom is 0.294 e. The van der Waals surface area contributed by atoms with Gasteiger partial charge in [-0.3, -0.25) is 10.1 Å². The number of benzene rings is 1. The molecule has 1 aliphatic carbocycles. The number of rotatable bonds is 5. The molecular formula is C14H20ClN3O2. The van der Waals surface area contributed by atoms with Gasteiger partial charge in [0.2, 0.25) is 0 Å². The van der Waals surface area contributed by atoms with E-state index in [4.69, 9.17) is 17.3 Å². The van der Waals surface area contributed by atoms with Crippen molar-refractivity contribution in [2.45, 2.75) is 32.2 Å². The van der Waals surface area contributed by atoms with Gasteiger partial charge in [0.15, 0.2) is 0 Å². The second-order valence-electron chi connectivity index (χ2n) is 5.17. The summed E-state index contributed by atoms with van der Waals surface area (Å²) in [6.07, 6.45) is 3.26. The van der Waals surface area contributed by atoms with Crippen molar-refractivity contribution in [2.75, 3.05) is 18.0 Å². The fourth-order valence-electron chi connectivity index (χ4n) is 3.17. The molecule has 110 valence electrons. The number of halogens is 1. The number of nitro groups is 1. The molecule has 1 fully saturated rings. The normalized spacial score (nSPS) is 21.9. The minimum atomic E-state index is -0.365. The Hall–Kier alpha value is -1.33. The van der Waals surface area contributed by atoms with Crippen molar-refractivity contribution >= 4 is 23.0 Å². The average molecular weight is 298 g/mol. The highest BCUT2D eigenvalue weighted by Crippen LogP contribution is 2.37. The molecule has 2 unspecified atom stereocenters. The van der Waals surface area contributed by atoms with Gasteiger partial charge in [-0.25, -0.2) is 0 Å². The van der Waals surface area contributed by atoms with Crippen LogP contribution in [0.25, 0.3) is 0 Å². The average Bonchev–Trinajstić information content (AvgIpc) is 2.89. The van der Waals surface area contributed by atoms with Crippen molar-refractivity contribution < 1.29 is 4.92 Å². The van der Waals surface area contributed by atoms with E-state index in [1.165, 1.54) is 6.07 Å². The van der Waals surface area contributed by atoms with E-state index < -0.39 is 0 Å². The van der Waals surface area contributed by atoms with Crippen molar-refractivity contribution in [3.05, 3.63) is 33.3 Å². The van der Waals surface area contributed by atoms with E-state index >= 15 is 0 Å². The lowest BCUT2D eigenvalue weighted by Gasteiger charge is -2.33. The van der Waals surface area contributed by atoms with Gasteiger partial charge in [0.1, 0.15) is 5.69 Å². The Bertz CT molecular complexity index is 495. The highest BCUT2D eigenvalue weighted by molar-refractivity contribution is 6.30. The highest BCUT2D eigenvalue weighted by Gasteiger charge is 2.33. The van der Waals surface area contributed by atoms with Gasteiger partial charge >= 0.3 is 0 Å². The summed E-state index contributed by atoms with van der Waals surface area (Å²) in [7, 11) is 0. The Labute approximate surface area is 123 Å². The van der Waals surface area contributed by atoms with Crippen LogP contribution in [0.5, 0.6) is 0 Å². The molecule has 0 heterocycles. The first-order chi connectivity index (χ1) is 9.58. The maximum atomic E-state index is 11.3. The van der Waals surface area contributed by atoms with Gasteiger partial charge < -0.3 is 10.6 Å². The van der Waals surface area contributed by atoms with E-state index in [1.54, 1.807) is 12.1 Å². The summed E-state index contributed by atoms with van der Waals surface area (Å²) in [6, 6.07) is 5.16. The monoisotopic (exact) mass is 297 g/mol. The van der Waals surface area contributed by atoms with E-state index in [0.717, 1.165) is 25.8 Å². The molecule has 1 aliphatic rings. The van der Waals surface area contributed by atoms with Crippen molar-refractivity contribution in [3.63, 3.8) is 0 Å². The minimum absolute atomic E-state index is 0.0713. The molecule has 0 aliphatic heterocycles. The van der Waals surface area contributed by atoms with Crippen LogP contribution in [0, 0.1) is 16.0 Å². The zero-order chi connectivity index (χ0) is 14.7. The summed E-state index contributed by atoms with van der Waals surface area (Å²) in [6.45, 7) is 3.37. The number of nitrogens with two attached hydrogens (primary N) is 1. The third-order valence-electron chi connectivity index (χ3n) is 4.11. The topological polar surface area (TPSA) is 72.4 Å². The first-order valence-corrected chi connectivity index (χ1v) is 7.37. The van der Waals surface area contributed by atoms with Crippen molar-refractivity contribution in [1.29, 1.82) is 0 Å². The molecule has 1 aromatic carbocycles. The predicted octanol–water partition coefficient (Wildman–Crippen LogP) is 3.20. The Morgan fingerprint density at radius 3 is 2.85 bits per heavy atom. The lowest BCUT2D eigenvalue weighted by molar-refractivity contribution is -0.384. The third kappa shape index (κ3) is 2.88. The second-order valence-corrected chi connectivity index (χ2v) is 5.61. The highest BCUT2D eigenvalue weighted by atomic mass is 35.5. The molecule has 2 N–H and O–H groups in total. The molecule has 6 heteroatoms. The lowest BCUT2D eigenvalue weighted by Crippen LogP contribution is -2.40. The molecule has 1 aromatic rings. The minimum Gasteiger partial charge on any atom is -0.363 e. The van der Waals surface area contributed by atoms with Gasteiger partial charge in [-0.05, 0) is 44.4 Å². The molecule has 2 rings (SSSR count). The van der Waals surface area contributed by atoms with Crippen LogP contribution in [0.2, 0.25) is 5.02 Å². The van der Waals surface area contributed by atoms with Crippen LogP contribution in [0.4, 0.5) is 11.4 Å². The summed E-state index contributed by atoms with van der Waals surface area (Å²) in [5.74, 6) is 0.408. The zero-order valence-corrected chi connectivity index (χ0v) is 12.3. The molecule has 0 radical (unpaired) electrons. The first kappa shape index (κ1) is 15.1. The van der Waals surface area contributed by atoms with Crippen LogP contribution in [-0.2, 0) is 0 Å². The largest absolute Gasteiger partial charge is 0.363 e. The van der Waals surface area contributed by atoms with Crippen LogP contribution < -0.4 is 10.6 Å². The summed E-state index contributed by atoms with van der Waals surface area (Å²) < 4.78 is 0. The fraction of sp³-hybridized carbons (Fsp3) is 0.571. The SMILES string of the molecule is CCN(c1ccc(Cl)cc1[N+](=O)[O-])C1CCCC1CN. The molecule has 0 amide bonds. The zero-order valence-electron chi connectivity index (χ0n) is 11.6. The number of hydrogen-bond donors (Lipinski definition) is 1. The molecule has 20 heavy (non-hydrogen) atoms. The van der Waals surface area contributed by atoms with Gasteiger partial charge in [-0.15, -0.1) is 0 Å². The van der Waals surface area contributed by atoms with Crippen molar-refractivity contribution in [3.8, 4) is 0 Å². The van der Waals surface area contributed by atoms with Crippen LogP contribution >= 0.6 is 11.6 Å². The number of nitrogens with zero attached hydrogens (tertiary/aromatic N) is 2. The number of anilines is 1. The quantitative estimate of drug-likeness (QED) is 0.669. The van der Waals surface area contributed by atoms with Crippen LogP contribution in [0.1, 0.15) is 26.2 Å². The molecule has 1 saturated carbocycles. The standard InChI is InChI=1S/C14H20ClN3O2/c1-2-17(12-5-3-4-10(12)9-16)13-7-6-11(15)8-14(13)18(19)20/h6-8,10,12H,2-5,9,16H2,1H3. The van der Waals surface area contributed by atoms with Crippen LogP contribution in [-0.4, -0.2) is 24.1 Å². The van der Waals surface area contributed by atoms with E-state index in [-0.39, 0.29) is 16.7 Å². The smallest absolute Gasteiger partial charge is 0.294 e. The molecule has 0 aromatic heterocycles. The van der Waals surface area contributed by atoms with Crippen LogP contribution in [0.3, 0.4) is 0 Å². The molecule has 0 spiro atoms. The summed E-state index contributed by atoms with van der Waals surface area (Å²) in [5, 5.41) is 11.6. The third-order valence-corrected chi connectivity index (χ3v) is 4.34. The summed E-state index contributed by atoms with van der Waals surface area (Å²) in [4.78, 5) is 13.0. The van der Waals surface area contributed by atoms with Crippen molar-refractivity contribution in [2.24, 2.45) is 11.7 Å². The molecule has 5 nitrogen and oxygen atoms in total. The van der Waals surface area contributed by atoms with E-state index in [9.17, 15) is 10.1 Å². The van der Waals surface area contributed by atoms with Gasteiger partial charge in [0, 0.05) is 23.7 Å². The Morgan fingerprint density at radius 1 is 1.50 bits per heavy atom. The van der Waals surface area contributed by atoms with Crippen LogP contribution in [0.15, 0.2) is 18.2 Å². The summed E-state index contributed by atoms with van der Waals surface area (Å²) >= 11 is 5.88. The Balaban J connectivity index is 2.39. The lowest BCUT2D eigenvalue weighted by atomic mass is 10.0. The number of hydrogen-bond acceptors (Lipinski definition) is 4. The van der Waals surface area contributed by atoms with Gasteiger partial charge in [-0.2, -0.15) is 0 Å². The van der Waals surface area contributed by atoms with Gasteiger partial charge in [0.05, 0.1) is 4.92 Å². The molecule has 2 atom stereocenters. The second kappa shape index (κ2) is 6.41. The van der Waals surface area contributed by atoms with Gasteiger partial charge in [-0.1, -0.05) is 18.0 Å². The maximum absolute atomic E-state index is 11.3. The fourth-order valence-corrected chi connectivity index (χ4v) is 3.34.